The number of anilines is 1. The molecule has 0 saturated carbocycles. The molecule has 0 aliphatic carbocycles. The van der Waals surface area contributed by atoms with E-state index >= 15 is 0 Å². The minimum absolute atomic E-state index is 0.164. The minimum Gasteiger partial charge on any atom is -0.399 e. The van der Waals surface area contributed by atoms with Crippen LogP contribution >= 0.6 is 0 Å². The van der Waals surface area contributed by atoms with Gasteiger partial charge in [-0.2, -0.15) is 8.42 Å². The molecular weight excluding hydrogens is 430 g/mol. The Kier molecular flexibility index (Phi) is 12.4. The van der Waals surface area contributed by atoms with Gasteiger partial charge in [-0.05, 0) is 55.7 Å². The Bertz CT molecular complexity index is 907. The molecule has 0 aromatic heterocycles. The van der Waals surface area contributed by atoms with Crippen LogP contribution in [-0.2, 0) is 16.5 Å². The van der Waals surface area contributed by atoms with Crippen molar-refractivity contribution in [2.24, 2.45) is 0 Å². The molecule has 0 atom stereocenters. The van der Waals surface area contributed by atoms with Crippen LogP contribution in [0.1, 0.15) is 102 Å². The van der Waals surface area contributed by atoms with Gasteiger partial charge in [0.1, 0.15) is 10.6 Å². The van der Waals surface area contributed by atoms with Gasteiger partial charge in [-0.3, -0.25) is 0 Å². The Labute approximate surface area is 202 Å². The summed E-state index contributed by atoms with van der Waals surface area (Å²) in [6.45, 7) is 4.18. The third-order valence-corrected chi connectivity index (χ3v) is 7.39. The summed E-state index contributed by atoms with van der Waals surface area (Å²) >= 11 is 0. The summed E-state index contributed by atoms with van der Waals surface area (Å²) in [5, 5.41) is 0. The van der Waals surface area contributed by atoms with Crippen LogP contribution in [0, 0.1) is 6.92 Å². The number of hydrogen-bond acceptors (Lipinski definition) is 4. The summed E-state index contributed by atoms with van der Waals surface area (Å²) in [5.41, 5.74) is 8.44. The fourth-order valence-electron chi connectivity index (χ4n) is 4.08. The van der Waals surface area contributed by atoms with Gasteiger partial charge in [-0.15, -0.1) is 0 Å². The van der Waals surface area contributed by atoms with Crippen LogP contribution in [-0.4, -0.2) is 8.42 Å². The molecule has 0 aliphatic rings. The molecule has 0 bridgehead atoms. The van der Waals surface area contributed by atoms with Gasteiger partial charge in [-0.25, -0.2) is 0 Å². The van der Waals surface area contributed by atoms with Gasteiger partial charge in [0.05, 0.1) is 0 Å². The molecule has 0 unspecified atom stereocenters. The zero-order valence-corrected chi connectivity index (χ0v) is 21.5. The van der Waals surface area contributed by atoms with E-state index in [2.05, 4.69) is 6.92 Å². The van der Waals surface area contributed by atoms with E-state index in [1.807, 2.05) is 13.0 Å². The SMILES string of the molecule is CCCCCCCCCCCCCCCc1cc(N)ccc1OS(=O)(=O)c1ccc(C)cc1. The first kappa shape index (κ1) is 27.2. The summed E-state index contributed by atoms with van der Waals surface area (Å²) in [4.78, 5) is 0.164. The molecule has 0 aliphatic heterocycles. The van der Waals surface area contributed by atoms with Crippen LogP contribution in [0.5, 0.6) is 5.75 Å². The van der Waals surface area contributed by atoms with Crippen molar-refractivity contribution in [3.8, 4) is 5.75 Å². The highest BCUT2D eigenvalue weighted by atomic mass is 32.2. The van der Waals surface area contributed by atoms with Crippen LogP contribution < -0.4 is 9.92 Å². The molecule has 2 rings (SSSR count). The van der Waals surface area contributed by atoms with E-state index in [9.17, 15) is 8.42 Å². The van der Waals surface area contributed by atoms with E-state index in [0.29, 0.717) is 11.4 Å². The number of benzene rings is 2. The maximum atomic E-state index is 12.7. The lowest BCUT2D eigenvalue weighted by Crippen LogP contribution is -2.11. The zero-order chi connectivity index (χ0) is 23.9. The summed E-state index contributed by atoms with van der Waals surface area (Å²) in [7, 11) is -3.86. The molecule has 2 N–H and O–H groups in total. The molecule has 0 spiro atoms. The van der Waals surface area contributed by atoms with Crippen molar-refractivity contribution < 1.29 is 12.6 Å². The molecule has 0 amide bonds. The van der Waals surface area contributed by atoms with Crippen molar-refractivity contribution in [3.63, 3.8) is 0 Å². The molecule has 2 aromatic carbocycles. The van der Waals surface area contributed by atoms with Crippen molar-refractivity contribution in [1.82, 2.24) is 0 Å². The average molecular weight is 474 g/mol. The first-order valence-electron chi connectivity index (χ1n) is 12.8. The molecule has 5 heteroatoms. The second-order valence-electron chi connectivity index (χ2n) is 9.21. The molecule has 184 valence electrons. The van der Waals surface area contributed by atoms with Gasteiger partial charge in [0.2, 0.25) is 0 Å². The highest BCUT2D eigenvalue weighted by Crippen LogP contribution is 2.27. The predicted octanol–water partition coefficient (Wildman–Crippen LogP) is 7.98. The van der Waals surface area contributed by atoms with E-state index in [0.717, 1.165) is 30.4 Å². The van der Waals surface area contributed by atoms with E-state index in [1.54, 1.807) is 36.4 Å². The second kappa shape index (κ2) is 15.0. The third kappa shape index (κ3) is 10.6. The largest absolute Gasteiger partial charge is 0.399 e. The van der Waals surface area contributed by atoms with Gasteiger partial charge >= 0.3 is 10.1 Å². The van der Waals surface area contributed by atoms with Crippen LogP contribution in [0.4, 0.5) is 5.69 Å². The summed E-state index contributed by atoms with van der Waals surface area (Å²) < 4.78 is 30.9. The van der Waals surface area contributed by atoms with Crippen molar-refractivity contribution in [1.29, 1.82) is 0 Å². The van der Waals surface area contributed by atoms with Crippen LogP contribution in [0.3, 0.4) is 0 Å². The Morgan fingerprint density at radius 2 is 1.24 bits per heavy atom. The number of nitrogen functional groups attached to an aromatic ring is 1. The number of rotatable bonds is 17. The van der Waals surface area contributed by atoms with Crippen LogP contribution in [0.15, 0.2) is 47.4 Å². The van der Waals surface area contributed by atoms with Gasteiger partial charge in [0, 0.05) is 5.69 Å². The normalized spacial score (nSPS) is 11.6. The van der Waals surface area contributed by atoms with Gasteiger partial charge in [0.15, 0.2) is 0 Å². The maximum absolute atomic E-state index is 12.7. The number of nitrogens with two attached hydrogens (primary N) is 1. The third-order valence-electron chi connectivity index (χ3n) is 6.14. The molecular formula is C28H43NO3S. The van der Waals surface area contributed by atoms with Crippen molar-refractivity contribution >= 4 is 15.8 Å². The molecule has 0 fully saturated rings. The smallest absolute Gasteiger partial charge is 0.339 e. The highest BCUT2D eigenvalue weighted by molar-refractivity contribution is 7.87. The van der Waals surface area contributed by atoms with Crippen molar-refractivity contribution in [2.45, 2.75) is 109 Å². The average Bonchev–Trinajstić information content (AvgIpc) is 2.79. The van der Waals surface area contributed by atoms with Crippen LogP contribution in [0.25, 0.3) is 0 Å². The Morgan fingerprint density at radius 3 is 1.79 bits per heavy atom. The molecule has 4 nitrogen and oxygen atoms in total. The first-order valence-corrected chi connectivity index (χ1v) is 14.2. The molecule has 0 heterocycles. The quantitative estimate of drug-likeness (QED) is 0.144. The molecule has 0 saturated heterocycles. The fraction of sp³-hybridized carbons (Fsp3) is 0.571. The standard InChI is InChI=1S/C28H43NO3S/c1-3-4-5-6-7-8-9-10-11-12-13-14-15-16-25-23-26(29)19-22-28(25)32-33(30,31)27-20-17-24(2)18-21-27/h17-23H,3-16,29H2,1-2H3. The van der Waals surface area contributed by atoms with Crippen molar-refractivity contribution in [2.75, 3.05) is 5.73 Å². The first-order chi connectivity index (χ1) is 15.9. The van der Waals surface area contributed by atoms with E-state index in [4.69, 9.17) is 9.92 Å². The van der Waals surface area contributed by atoms with Crippen molar-refractivity contribution in [3.05, 3.63) is 53.6 Å². The lowest BCUT2D eigenvalue weighted by atomic mass is 10.0. The second-order valence-corrected chi connectivity index (χ2v) is 10.8. The van der Waals surface area contributed by atoms with Crippen LogP contribution in [0.2, 0.25) is 0 Å². The molecule has 0 radical (unpaired) electrons. The lowest BCUT2D eigenvalue weighted by Gasteiger charge is -2.12. The maximum Gasteiger partial charge on any atom is 0.339 e. The Balaban J connectivity index is 1.70. The number of unbranched alkanes of at least 4 members (excludes halogenated alkanes) is 12. The van der Waals surface area contributed by atoms with E-state index < -0.39 is 10.1 Å². The number of aryl methyl sites for hydroxylation is 2. The fourth-order valence-corrected chi connectivity index (χ4v) is 5.05. The van der Waals surface area contributed by atoms with Gasteiger partial charge < -0.3 is 9.92 Å². The Hall–Kier alpha value is -2.01. The topological polar surface area (TPSA) is 69.4 Å². The summed E-state index contributed by atoms with van der Waals surface area (Å²) in [6.07, 6.45) is 17.7. The zero-order valence-electron chi connectivity index (χ0n) is 20.7. The van der Waals surface area contributed by atoms with E-state index in [1.165, 1.54) is 70.6 Å². The molecule has 2 aromatic rings. The number of hydrogen-bond donors (Lipinski definition) is 1. The highest BCUT2D eigenvalue weighted by Gasteiger charge is 2.18. The summed E-state index contributed by atoms with van der Waals surface area (Å²) in [5.74, 6) is 0.378. The molecule has 33 heavy (non-hydrogen) atoms. The monoisotopic (exact) mass is 473 g/mol. The lowest BCUT2D eigenvalue weighted by molar-refractivity contribution is 0.481. The van der Waals surface area contributed by atoms with E-state index in [-0.39, 0.29) is 4.90 Å². The van der Waals surface area contributed by atoms with Gasteiger partial charge in [0.25, 0.3) is 0 Å². The predicted molar refractivity (Wildman–Crippen MR) is 139 cm³/mol. The summed E-state index contributed by atoms with van der Waals surface area (Å²) in [6, 6.07) is 11.9. The minimum atomic E-state index is -3.86. The van der Waals surface area contributed by atoms with Gasteiger partial charge in [-0.1, -0.05) is 102 Å². The Morgan fingerprint density at radius 1 is 0.727 bits per heavy atom.